The Hall–Kier alpha value is -0.730. The van der Waals surface area contributed by atoms with Crippen molar-refractivity contribution in [3.8, 4) is 5.75 Å². The van der Waals surface area contributed by atoms with Gasteiger partial charge in [-0.15, -0.1) is 12.4 Å². The molecule has 3 heteroatoms. The van der Waals surface area contributed by atoms with Crippen molar-refractivity contribution < 1.29 is 4.74 Å². The fraction of sp³-hybridized carbons (Fsp3) is 0.455. The van der Waals surface area contributed by atoms with Gasteiger partial charge in [0, 0.05) is 0 Å². The molecule has 0 heterocycles. The number of aryl methyl sites for hydroxylation is 1. The molecule has 0 bridgehead atoms. The van der Waals surface area contributed by atoms with E-state index in [1.165, 1.54) is 5.56 Å². The number of nitrogens with one attached hydrogen (secondary N) is 1. The number of hydrogen-bond donors (Lipinski definition) is 1. The Bertz CT molecular complexity index is 188. The molecule has 0 aliphatic heterocycles. The van der Waals surface area contributed by atoms with Crippen LogP contribution in [0.2, 0.25) is 0 Å². The largest absolute Gasteiger partial charge is 0.497 e. The maximum atomic E-state index is 5.01. The van der Waals surface area contributed by atoms with Crippen LogP contribution in [0.5, 0.6) is 5.75 Å². The Labute approximate surface area is 93.1 Å². The van der Waals surface area contributed by atoms with Crippen molar-refractivity contribution in [2.24, 2.45) is 0 Å². The van der Waals surface area contributed by atoms with Gasteiger partial charge in [-0.25, -0.2) is 0 Å². The third-order valence-electron chi connectivity index (χ3n) is 1.57. The Balaban J connectivity index is 0. The predicted molar refractivity (Wildman–Crippen MR) is 64.6 cm³/mol. The van der Waals surface area contributed by atoms with Crippen LogP contribution in [-0.4, -0.2) is 21.2 Å². The van der Waals surface area contributed by atoms with Crippen molar-refractivity contribution in [2.75, 3.05) is 21.2 Å². The topological polar surface area (TPSA) is 21.3 Å². The Kier molecular flexibility index (Phi) is 11.6. The van der Waals surface area contributed by atoms with E-state index in [1.807, 2.05) is 26.2 Å². The van der Waals surface area contributed by atoms with Crippen LogP contribution < -0.4 is 10.1 Å². The van der Waals surface area contributed by atoms with Crippen molar-refractivity contribution in [1.82, 2.24) is 5.32 Å². The summed E-state index contributed by atoms with van der Waals surface area (Å²) in [7, 11) is 5.43. The van der Waals surface area contributed by atoms with Gasteiger partial charge in [0.05, 0.1) is 7.11 Å². The normalized spacial score (nSPS) is 8.00. The highest BCUT2D eigenvalue weighted by Gasteiger charge is 1.89. The van der Waals surface area contributed by atoms with Crippen LogP contribution in [0.15, 0.2) is 24.3 Å². The van der Waals surface area contributed by atoms with Crippen LogP contribution in [0.25, 0.3) is 0 Å². The van der Waals surface area contributed by atoms with Crippen LogP contribution in [0.4, 0.5) is 0 Å². The summed E-state index contributed by atoms with van der Waals surface area (Å²) in [5.41, 5.74) is 1.35. The first-order valence-electron chi connectivity index (χ1n) is 4.49. The van der Waals surface area contributed by atoms with Gasteiger partial charge < -0.3 is 10.1 Å². The highest BCUT2D eigenvalue weighted by atomic mass is 35.5. The molecule has 0 fully saturated rings. The number of halogens is 1. The van der Waals surface area contributed by atoms with Gasteiger partial charge in [-0.05, 0) is 38.2 Å². The van der Waals surface area contributed by atoms with Gasteiger partial charge in [-0.1, -0.05) is 19.1 Å². The molecule has 0 aliphatic carbocycles. The maximum absolute atomic E-state index is 5.01. The zero-order chi connectivity index (χ0) is 10.1. The molecule has 0 amide bonds. The summed E-state index contributed by atoms with van der Waals surface area (Å²) in [5.74, 6) is 0.928. The van der Waals surface area contributed by atoms with Gasteiger partial charge in [-0.2, -0.15) is 0 Å². The zero-order valence-electron chi connectivity index (χ0n) is 9.33. The van der Waals surface area contributed by atoms with Crippen molar-refractivity contribution >= 4 is 12.4 Å². The van der Waals surface area contributed by atoms with Gasteiger partial charge in [0.2, 0.25) is 0 Å². The summed E-state index contributed by atoms with van der Waals surface area (Å²) >= 11 is 0. The lowest BCUT2D eigenvalue weighted by Crippen LogP contribution is -1.89. The smallest absolute Gasteiger partial charge is 0.118 e. The molecular weight excluding hydrogens is 198 g/mol. The molecule has 1 aromatic carbocycles. The van der Waals surface area contributed by atoms with Crippen LogP contribution in [-0.2, 0) is 6.42 Å². The third kappa shape index (κ3) is 6.75. The number of benzene rings is 1. The first-order valence-corrected chi connectivity index (χ1v) is 4.49. The van der Waals surface area contributed by atoms with E-state index in [9.17, 15) is 0 Å². The van der Waals surface area contributed by atoms with E-state index in [0.717, 1.165) is 12.2 Å². The molecule has 0 aliphatic rings. The van der Waals surface area contributed by atoms with Crippen molar-refractivity contribution in [3.05, 3.63) is 29.8 Å². The van der Waals surface area contributed by atoms with Gasteiger partial charge in [-0.3, -0.25) is 0 Å². The molecule has 1 N–H and O–H groups in total. The third-order valence-corrected chi connectivity index (χ3v) is 1.57. The van der Waals surface area contributed by atoms with Gasteiger partial charge in [0.15, 0.2) is 0 Å². The Morgan fingerprint density at radius 3 is 1.86 bits per heavy atom. The Morgan fingerprint density at radius 2 is 1.57 bits per heavy atom. The van der Waals surface area contributed by atoms with Crippen LogP contribution in [0, 0.1) is 0 Å². The van der Waals surface area contributed by atoms with Crippen molar-refractivity contribution in [2.45, 2.75) is 13.3 Å². The average Bonchev–Trinajstić information content (AvgIpc) is 2.19. The number of ether oxygens (including phenoxy) is 1. The van der Waals surface area contributed by atoms with Crippen molar-refractivity contribution in [1.29, 1.82) is 0 Å². The molecule has 0 unspecified atom stereocenters. The minimum absolute atomic E-state index is 0. The summed E-state index contributed by atoms with van der Waals surface area (Å²) in [6.45, 7) is 2.14. The van der Waals surface area contributed by atoms with E-state index < -0.39 is 0 Å². The fourth-order valence-electron chi connectivity index (χ4n) is 0.861. The van der Waals surface area contributed by atoms with E-state index in [1.54, 1.807) is 7.11 Å². The fourth-order valence-corrected chi connectivity index (χ4v) is 0.861. The zero-order valence-corrected chi connectivity index (χ0v) is 10.1. The molecule has 0 saturated heterocycles. The number of hydrogen-bond acceptors (Lipinski definition) is 2. The molecule has 1 aromatic rings. The molecule has 0 atom stereocenters. The molecular formula is C11H20ClNO. The minimum Gasteiger partial charge on any atom is -0.497 e. The minimum atomic E-state index is 0. The van der Waals surface area contributed by atoms with E-state index in [0.29, 0.717) is 0 Å². The predicted octanol–water partition coefficient (Wildman–Crippen LogP) is 2.52. The van der Waals surface area contributed by atoms with E-state index in [-0.39, 0.29) is 12.4 Å². The summed E-state index contributed by atoms with van der Waals surface area (Å²) in [6, 6.07) is 8.13. The average molecular weight is 218 g/mol. The SMILES string of the molecule is CCc1ccc(OC)cc1.CNC.Cl. The summed E-state index contributed by atoms with van der Waals surface area (Å²) < 4.78 is 5.01. The van der Waals surface area contributed by atoms with Crippen LogP contribution >= 0.6 is 12.4 Å². The molecule has 0 radical (unpaired) electrons. The quantitative estimate of drug-likeness (QED) is 0.822. The van der Waals surface area contributed by atoms with Crippen LogP contribution in [0.3, 0.4) is 0 Å². The Morgan fingerprint density at radius 1 is 1.14 bits per heavy atom. The van der Waals surface area contributed by atoms with E-state index >= 15 is 0 Å². The van der Waals surface area contributed by atoms with Gasteiger partial charge in [0.25, 0.3) is 0 Å². The first kappa shape index (κ1) is 15.7. The monoisotopic (exact) mass is 217 g/mol. The van der Waals surface area contributed by atoms with Crippen LogP contribution in [0.1, 0.15) is 12.5 Å². The summed E-state index contributed by atoms with van der Waals surface area (Å²) in [6.07, 6.45) is 1.09. The second kappa shape index (κ2) is 10.4. The highest BCUT2D eigenvalue weighted by molar-refractivity contribution is 5.85. The molecule has 14 heavy (non-hydrogen) atoms. The van der Waals surface area contributed by atoms with Gasteiger partial charge >= 0.3 is 0 Å². The first-order chi connectivity index (χ1) is 6.28. The maximum Gasteiger partial charge on any atom is 0.118 e. The summed E-state index contributed by atoms with van der Waals surface area (Å²) in [4.78, 5) is 0. The van der Waals surface area contributed by atoms with E-state index in [4.69, 9.17) is 4.74 Å². The molecule has 0 saturated carbocycles. The lowest BCUT2D eigenvalue weighted by Gasteiger charge is -1.99. The number of methoxy groups -OCH3 is 1. The summed E-state index contributed by atoms with van der Waals surface area (Å²) in [5, 5.41) is 2.75. The van der Waals surface area contributed by atoms with Crippen molar-refractivity contribution in [3.63, 3.8) is 0 Å². The second-order valence-corrected chi connectivity index (χ2v) is 2.70. The molecule has 0 aromatic heterocycles. The van der Waals surface area contributed by atoms with E-state index in [2.05, 4.69) is 24.4 Å². The molecule has 82 valence electrons. The van der Waals surface area contributed by atoms with Gasteiger partial charge in [0.1, 0.15) is 5.75 Å². The number of rotatable bonds is 2. The molecule has 0 spiro atoms. The standard InChI is InChI=1S/C9H12O.C2H7N.ClH/c1-3-8-4-6-9(10-2)7-5-8;1-3-2;/h4-7H,3H2,1-2H3;3H,1-2H3;1H. The lowest BCUT2D eigenvalue weighted by molar-refractivity contribution is 0.414. The molecule has 1 rings (SSSR count). The molecule has 2 nitrogen and oxygen atoms in total. The second-order valence-electron chi connectivity index (χ2n) is 2.70. The highest BCUT2D eigenvalue weighted by Crippen LogP contribution is 2.10. The lowest BCUT2D eigenvalue weighted by atomic mass is 10.2.